The molecule has 0 bridgehead atoms. The van der Waals surface area contributed by atoms with Gasteiger partial charge in [-0.05, 0) is 6.92 Å². The van der Waals surface area contributed by atoms with E-state index in [1.54, 1.807) is 0 Å². The van der Waals surface area contributed by atoms with Gasteiger partial charge in [-0.15, -0.1) is 0 Å². The Bertz CT molecular complexity index is 485. The number of anilines is 1. The molecule has 21 heavy (non-hydrogen) atoms. The lowest BCUT2D eigenvalue weighted by atomic mass is 10.2. The summed E-state index contributed by atoms with van der Waals surface area (Å²) in [6, 6.07) is 1.06. The second-order valence-corrected chi connectivity index (χ2v) is 3.83. The largest absolute Gasteiger partial charge is 0.491 e. The monoisotopic (exact) mass is 321 g/mol. The second-order valence-electron chi connectivity index (χ2n) is 3.83. The lowest BCUT2D eigenvalue weighted by Crippen LogP contribution is -2.46. The Morgan fingerprint density at radius 2 is 1.57 bits per heavy atom. The molecular formula is C11H10F7NO2. The average molecular weight is 321 g/mol. The third-order valence-corrected chi connectivity index (χ3v) is 2.20. The number of hydrogen-bond acceptors (Lipinski definition) is 3. The highest BCUT2D eigenvalue weighted by Gasteiger charge is 2.59. The predicted molar refractivity (Wildman–Crippen MR) is 58.5 cm³/mol. The summed E-state index contributed by atoms with van der Waals surface area (Å²) in [4.78, 5) is 0. The molecule has 0 aromatic heterocycles. The molecule has 10 heteroatoms. The lowest BCUT2D eigenvalue weighted by molar-refractivity contribution is -0.299. The molecule has 0 amide bonds. The molecule has 1 aromatic carbocycles. The fourth-order valence-corrected chi connectivity index (χ4v) is 1.36. The van der Waals surface area contributed by atoms with E-state index in [1.807, 2.05) is 0 Å². The zero-order chi connectivity index (χ0) is 16.4. The lowest BCUT2D eigenvalue weighted by Gasteiger charge is -2.24. The van der Waals surface area contributed by atoms with Gasteiger partial charge in [-0.2, -0.15) is 26.3 Å². The van der Waals surface area contributed by atoms with Gasteiger partial charge in [-0.3, -0.25) is 0 Å². The highest BCUT2D eigenvalue weighted by molar-refractivity contribution is 5.56. The molecule has 0 saturated carbocycles. The summed E-state index contributed by atoms with van der Waals surface area (Å²) in [6.45, 7) is 1.40. The SMILES string of the molecule is CCOc1cc(OC(C(F)(F)F)C(F)(F)F)c(N)cc1F. The van der Waals surface area contributed by atoms with Crippen molar-refractivity contribution in [3.05, 3.63) is 17.9 Å². The van der Waals surface area contributed by atoms with Crippen LogP contribution in [0, 0.1) is 5.82 Å². The molecule has 1 rings (SSSR count). The van der Waals surface area contributed by atoms with Crippen LogP contribution >= 0.6 is 0 Å². The van der Waals surface area contributed by atoms with Gasteiger partial charge in [0.15, 0.2) is 11.6 Å². The van der Waals surface area contributed by atoms with Crippen molar-refractivity contribution in [2.75, 3.05) is 12.3 Å². The summed E-state index contributed by atoms with van der Waals surface area (Å²) >= 11 is 0. The third-order valence-electron chi connectivity index (χ3n) is 2.20. The van der Waals surface area contributed by atoms with E-state index in [-0.39, 0.29) is 6.61 Å². The van der Waals surface area contributed by atoms with Crippen LogP contribution in [-0.2, 0) is 0 Å². The number of nitrogen functional groups attached to an aromatic ring is 1. The molecule has 0 heterocycles. The van der Waals surface area contributed by atoms with Crippen LogP contribution in [0.5, 0.6) is 11.5 Å². The molecule has 0 saturated heterocycles. The number of rotatable bonds is 4. The maximum atomic E-state index is 13.3. The van der Waals surface area contributed by atoms with Crippen molar-refractivity contribution in [2.45, 2.75) is 25.4 Å². The Morgan fingerprint density at radius 3 is 2.00 bits per heavy atom. The van der Waals surface area contributed by atoms with Gasteiger partial charge in [-0.1, -0.05) is 0 Å². The summed E-state index contributed by atoms with van der Waals surface area (Å²) in [6.07, 6.45) is -15.5. The van der Waals surface area contributed by atoms with Crippen LogP contribution in [0.3, 0.4) is 0 Å². The zero-order valence-corrected chi connectivity index (χ0v) is 10.5. The normalized spacial score (nSPS) is 12.6. The summed E-state index contributed by atoms with van der Waals surface area (Å²) in [7, 11) is 0. The maximum absolute atomic E-state index is 13.3. The van der Waals surface area contributed by atoms with Gasteiger partial charge < -0.3 is 15.2 Å². The zero-order valence-electron chi connectivity index (χ0n) is 10.5. The van der Waals surface area contributed by atoms with E-state index < -0.39 is 41.5 Å². The van der Waals surface area contributed by atoms with Crippen LogP contribution in [0.15, 0.2) is 12.1 Å². The smallest absolute Gasteiger partial charge is 0.434 e. The summed E-state index contributed by atoms with van der Waals surface area (Å²) in [5.74, 6) is -2.57. The van der Waals surface area contributed by atoms with E-state index in [4.69, 9.17) is 10.5 Å². The molecule has 3 nitrogen and oxygen atoms in total. The van der Waals surface area contributed by atoms with Gasteiger partial charge >= 0.3 is 12.4 Å². The fourth-order valence-electron chi connectivity index (χ4n) is 1.36. The Morgan fingerprint density at radius 1 is 1.05 bits per heavy atom. The minimum atomic E-state index is -5.70. The van der Waals surface area contributed by atoms with Crippen molar-refractivity contribution < 1.29 is 40.2 Å². The topological polar surface area (TPSA) is 44.5 Å². The van der Waals surface area contributed by atoms with E-state index in [1.165, 1.54) is 6.92 Å². The molecule has 0 spiro atoms. The van der Waals surface area contributed by atoms with Crippen LogP contribution in [0.2, 0.25) is 0 Å². The van der Waals surface area contributed by atoms with E-state index >= 15 is 0 Å². The van der Waals surface area contributed by atoms with Crippen LogP contribution in [0.4, 0.5) is 36.4 Å². The molecule has 2 N–H and O–H groups in total. The van der Waals surface area contributed by atoms with Crippen LogP contribution in [-0.4, -0.2) is 25.1 Å². The molecule has 0 radical (unpaired) electrons. The van der Waals surface area contributed by atoms with Crippen molar-refractivity contribution in [1.82, 2.24) is 0 Å². The Kier molecular flexibility index (Phi) is 4.79. The number of ether oxygens (including phenoxy) is 2. The summed E-state index contributed by atoms with van der Waals surface area (Å²) in [5.41, 5.74) is 4.45. The van der Waals surface area contributed by atoms with Crippen molar-refractivity contribution in [2.24, 2.45) is 0 Å². The molecule has 1 aromatic rings. The first-order valence-electron chi connectivity index (χ1n) is 5.48. The third kappa shape index (κ3) is 4.30. The first kappa shape index (κ1) is 17.2. The molecular weight excluding hydrogens is 311 g/mol. The molecule has 0 unspecified atom stereocenters. The Labute approximate surface area is 114 Å². The van der Waals surface area contributed by atoms with Crippen molar-refractivity contribution in [3.8, 4) is 11.5 Å². The number of nitrogens with two attached hydrogens (primary N) is 1. The Hall–Kier alpha value is -1.87. The Balaban J connectivity index is 3.18. The molecule has 0 fully saturated rings. The van der Waals surface area contributed by atoms with Crippen LogP contribution in [0.1, 0.15) is 6.92 Å². The highest BCUT2D eigenvalue weighted by Crippen LogP contribution is 2.39. The van der Waals surface area contributed by atoms with Crippen molar-refractivity contribution in [3.63, 3.8) is 0 Å². The van der Waals surface area contributed by atoms with Crippen LogP contribution in [0.25, 0.3) is 0 Å². The highest BCUT2D eigenvalue weighted by atomic mass is 19.4. The minimum absolute atomic E-state index is 0.0533. The number of alkyl halides is 6. The molecule has 0 aliphatic carbocycles. The fraction of sp³-hybridized carbons (Fsp3) is 0.455. The van der Waals surface area contributed by atoms with E-state index in [2.05, 4.69) is 4.74 Å². The van der Waals surface area contributed by atoms with Gasteiger partial charge in [0.1, 0.15) is 5.75 Å². The van der Waals surface area contributed by atoms with E-state index in [0.29, 0.717) is 12.1 Å². The molecule has 0 atom stereocenters. The molecule has 120 valence electrons. The first-order chi connectivity index (χ1) is 9.46. The van der Waals surface area contributed by atoms with Gasteiger partial charge in [0.25, 0.3) is 6.10 Å². The standard InChI is InChI=1S/C11H10F7NO2/c1-2-20-7-4-8(6(19)3-5(7)12)21-9(10(13,14)15)11(16,17)18/h3-4,9H,2,19H2,1H3. The quantitative estimate of drug-likeness (QED) is 0.680. The van der Waals surface area contributed by atoms with Gasteiger partial charge in [0.05, 0.1) is 12.3 Å². The van der Waals surface area contributed by atoms with E-state index in [9.17, 15) is 30.7 Å². The predicted octanol–water partition coefficient (Wildman–Crippen LogP) is 3.68. The van der Waals surface area contributed by atoms with Gasteiger partial charge in [0, 0.05) is 12.1 Å². The van der Waals surface area contributed by atoms with E-state index in [0.717, 1.165) is 0 Å². The minimum Gasteiger partial charge on any atom is -0.491 e. The molecule has 0 aliphatic heterocycles. The van der Waals surface area contributed by atoms with Crippen LogP contribution < -0.4 is 15.2 Å². The second kappa shape index (κ2) is 5.86. The number of halogens is 7. The first-order valence-corrected chi connectivity index (χ1v) is 5.48. The summed E-state index contributed by atoms with van der Waals surface area (Å²) in [5, 5.41) is 0. The van der Waals surface area contributed by atoms with Gasteiger partial charge in [-0.25, -0.2) is 4.39 Å². The number of benzene rings is 1. The molecule has 0 aliphatic rings. The van der Waals surface area contributed by atoms with Crippen molar-refractivity contribution >= 4 is 5.69 Å². The van der Waals surface area contributed by atoms with Gasteiger partial charge in [0.2, 0.25) is 0 Å². The maximum Gasteiger partial charge on any atom is 0.434 e. The average Bonchev–Trinajstić information content (AvgIpc) is 2.28. The summed E-state index contributed by atoms with van der Waals surface area (Å²) < 4.78 is 96.1. The van der Waals surface area contributed by atoms with Crippen molar-refractivity contribution in [1.29, 1.82) is 0 Å². The number of hydrogen-bond donors (Lipinski definition) is 1.